The van der Waals surface area contributed by atoms with E-state index in [1.54, 1.807) is 33.3 Å². The smallest absolute Gasteiger partial charge is 0.407 e. The number of carbonyl (C=O) groups excluding carboxylic acids is 6. The zero-order chi connectivity index (χ0) is 57.8. The Morgan fingerprint density at radius 3 is 1.34 bits per heavy atom. The highest BCUT2D eigenvalue weighted by Gasteiger charge is 2.57. The zero-order valence-electron chi connectivity index (χ0n) is 47.4. The molecule has 2 aromatic carbocycles. The predicted octanol–water partition coefficient (Wildman–Crippen LogP) is 6.07. The number of nitrogens with zero attached hydrogens (tertiary/aromatic N) is 4. The molecule has 0 radical (unpaired) electrons. The Balaban J connectivity index is 0.800. The molecule has 0 aromatic heterocycles. The summed E-state index contributed by atoms with van der Waals surface area (Å²) in [5.41, 5.74) is 3.05. The van der Waals surface area contributed by atoms with Crippen LogP contribution in [0.2, 0.25) is 0 Å². The first-order valence-corrected chi connectivity index (χ1v) is 30.5. The molecule has 22 heteroatoms. The summed E-state index contributed by atoms with van der Waals surface area (Å²) in [6, 6.07) is 9.77. The first-order chi connectivity index (χ1) is 38.0. The van der Waals surface area contributed by atoms with Crippen LogP contribution in [0.5, 0.6) is 0 Å². The van der Waals surface area contributed by atoms with E-state index in [1.165, 1.54) is 27.9 Å². The van der Waals surface area contributed by atoms with Crippen LogP contribution in [0.25, 0.3) is 0 Å². The lowest BCUT2D eigenvalue weighted by Gasteiger charge is -2.35. The molecule has 2 aliphatic carbocycles. The van der Waals surface area contributed by atoms with E-state index in [0.29, 0.717) is 63.2 Å². The van der Waals surface area contributed by atoms with E-state index in [0.717, 1.165) is 70.6 Å². The molecule has 0 saturated carbocycles. The molecule has 4 fully saturated rings. The molecular weight excluding hydrogens is 1060 g/mol. The number of benzene rings is 2. The summed E-state index contributed by atoms with van der Waals surface area (Å²) >= 11 is 3.20. The number of hydrogen-bond acceptors (Lipinski definition) is 12. The van der Waals surface area contributed by atoms with Crippen LogP contribution < -0.4 is 21.3 Å². The van der Waals surface area contributed by atoms with E-state index in [1.807, 2.05) is 64.1 Å². The van der Waals surface area contributed by atoms with E-state index in [4.69, 9.17) is 9.47 Å². The van der Waals surface area contributed by atoms with Crippen LogP contribution in [0, 0.1) is 10.8 Å². The Morgan fingerprint density at radius 2 is 0.963 bits per heavy atom. The lowest BCUT2D eigenvalue weighted by molar-refractivity contribution is -0.144. The van der Waals surface area contributed by atoms with Gasteiger partial charge in [-0.3, -0.25) is 38.6 Å². The van der Waals surface area contributed by atoms with Gasteiger partial charge in [0.05, 0.1) is 35.0 Å². The maximum Gasteiger partial charge on any atom is 0.407 e. The number of fused-ring (bicyclic) bond motifs is 4. The third-order valence-corrected chi connectivity index (χ3v) is 19.9. The fourth-order valence-corrected chi connectivity index (χ4v) is 15.7. The SMILES string of the molecule is CC(C(=O)N[C@H]1CCS[C@H]2CC(C)(C)[C@@H](C(=O)N[C@H]3c4ccccc4C[C@H]3OCCCCCCCCO[C@@H]3Cc4ccccc4[C@@H]3NC(=O)[C@H]3N4C(=O)[C@@H](NC(=O)C(C)N(C)C(=O)O)CCS[C@H]4CC3(C)C)N2C1=O)N(C)C(=O)O. The number of carbonyl (C=O) groups is 8. The van der Waals surface area contributed by atoms with E-state index in [9.17, 15) is 48.6 Å². The van der Waals surface area contributed by atoms with Crippen LogP contribution in [-0.2, 0) is 51.1 Å². The molecule has 8 rings (SSSR count). The molecule has 0 spiro atoms. The average molecular weight is 1150 g/mol. The molecule has 2 unspecified atom stereocenters. The second kappa shape index (κ2) is 25.7. The molecule has 4 aliphatic heterocycles. The van der Waals surface area contributed by atoms with Crippen molar-refractivity contribution in [3.8, 4) is 0 Å². The number of hydrogen-bond donors (Lipinski definition) is 6. The van der Waals surface area contributed by atoms with Crippen molar-refractivity contribution in [2.24, 2.45) is 10.8 Å². The van der Waals surface area contributed by atoms with Crippen LogP contribution in [0.4, 0.5) is 9.59 Å². The van der Waals surface area contributed by atoms with Gasteiger partial charge in [0.15, 0.2) is 0 Å². The predicted molar refractivity (Wildman–Crippen MR) is 303 cm³/mol. The lowest BCUT2D eigenvalue weighted by Crippen LogP contribution is -2.58. The number of likely N-dealkylation sites (N-methyl/N-ethyl adjacent to an activating group) is 2. The van der Waals surface area contributed by atoms with E-state index in [2.05, 4.69) is 33.4 Å². The maximum atomic E-state index is 14.6. The third-order valence-electron chi connectivity index (χ3n) is 17.4. The molecule has 20 nitrogen and oxygen atoms in total. The van der Waals surface area contributed by atoms with Crippen molar-refractivity contribution in [2.45, 2.75) is 190 Å². The van der Waals surface area contributed by atoms with Gasteiger partial charge in [-0.25, -0.2) is 9.59 Å². The van der Waals surface area contributed by atoms with Crippen molar-refractivity contribution in [2.75, 3.05) is 38.8 Å². The number of unbranched alkanes of at least 4 members (excludes halogenated alkanes) is 5. The maximum absolute atomic E-state index is 14.6. The molecule has 6 N–H and O–H groups in total. The number of nitrogens with one attached hydrogen (secondary N) is 4. The summed E-state index contributed by atoms with van der Waals surface area (Å²) in [5, 5.41) is 30.6. The summed E-state index contributed by atoms with van der Waals surface area (Å²) in [5.74, 6) is -1.20. The minimum atomic E-state index is -1.25. The van der Waals surface area contributed by atoms with Crippen LogP contribution in [0.1, 0.15) is 140 Å². The Hall–Kier alpha value is -5.58. The number of thioether (sulfide) groups is 2. The van der Waals surface area contributed by atoms with Gasteiger partial charge < -0.3 is 50.8 Å². The average Bonchev–Trinajstić information content (AvgIpc) is 4.06. The Kier molecular flexibility index (Phi) is 19.4. The highest BCUT2D eigenvalue weighted by Crippen LogP contribution is 2.49. The summed E-state index contributed by atoms with van der Waals surface area (Å²) in [7, 11) is 2.61. The van der Waals surface area contributed by atoms with Gasteiger partial charge in [-0.05, 0) is 97.0 Å². The summed E-state index contributed by atoms with van der Waals surface area (Å²) in [6.07, 6.45) is 5.71. The molecule has 0 bridgehead atoms. The van der Waals surface area contributed by atoms with Gasteiger partial charge in [0.2, 0.25) is 35.4 Å². The fourth-order valence-electron chi connectivity index (χ4n) is 12.6. The lowest BCUT2D eigenvalue weighted by atomic mass is 9.83. The van der Waals surface area contributed by atoms with Gasteiger partial charge in [0.25, 0.3) is 0 Å². The standard InChI is InChI=1S/C58H82N8O12S2/c1-33(63(7)55(73)74)49(67)59-39-23-27-79-43-31-57(3,4)47(65(43)53(39)71)51(69)61-45-37-21-15-13-19-35(37)29-41(45)77-25-17-11-9-10-12-18-26-78-42-30-36-20-14-16-22-38(36)46(42)62-52(70)48-58(5,6)32-44-66(48)54(72)40(24-28-80-44)60-50(68)34(2)64(8)56(75)76/h13-16,19-22,33-34,39-48H,9-12,17-18,23-32H2,1-8H3,(H,59,67)(H,60,68)(H,61,69)(H,62,70)(H,73,74)(H,75,76)/t33?,34?,39-,40-,41+,42+,43-,44-,45-,46-,47+,48+/m0/s1. The van der Waals surface area contributed by atoms with Crippen LogP contribution in [0.3, 0.4) is 0 Å². The molecule has 6 aliphatic rings. The zero-order valence-corrected chi connectivity index (χ0v) is 49.1. The van der Waals surface area contributed by atoms with E-state index < -0.39 is 83.2 Å². The number of ether oxygens (including phenoxy) is 2. The van der Waals surface area contributed by atoms with Gasteiger partial charge in [-0.2, -0.15) is 0 Å². The second-order valence-electron chi connectivity index (χ2n) is 23.9. The van der Waals surface area contributed by atoms with E-state index in [-0.39, 0.29) is 46.6 Å². The Labute approximate surface area is 478 Å². The Bertz CT molecular complexity index is 2470. The highest BCUT2D eigenvalue weighted by molar-refractivity contribution is 8.00. The third kappa shape index (κ3) is 13.2. The van der Waals surface area contributed by atoms with Crippen molar-refractivity contribution < 1.29 is 58.0 Å². The monoisotopic (exact) mass is 1150 g/mol. The van der Waals surface area contributed by atoms with Gasteiger partial charge in [-0.15, -0.1) is 23.5 Å². The molecule has 4 saturated heterocycles. The largest absolute Gasteiger partial charge is 0.465 e. The first kappa shape index (κ1) is 60.5. The minimum absolute atomic E-state index is 0.256. The number of rotatable bonds is 21. The number of amides is 8. The van der Waals surface area contributed by atoms with Gasteiger partial charge in [0.1, 0.15) is 36.3 Å². The Morgan fingerprint density at radius 1 is 0.600 bits per heavy atom. The molecule has 8 amide bonds. The molecule has 4 heterocycles. The quantitative estimate of drug-likeness (QED) is 0.0776. The molecule has 2 aromatic rings. The van der Waals surface area contributed by atoms with Gasteiger partial charge in [0, 0.05) is 40.2 Å². The van der Waals surface area contributed by atoms with Crippen molar-refractivity contribution in [1.29, 1.82) is 0 Å². The topological polar surface area (TPSA) is 257 Å². The van der Waals surface area contributed by atoms with Crippen LogP contribution in [0.15, 0.2) is 48.5 Å². The normalized spacial score (nSPS) is 28.0. The van der Waals surface area contributed by atoms with Crippen molar-refractivity contribution >= 4 is 71.2 Å². The molecule has 438 valence electrons. The van der Waals surface area contributed by atoms with Crippen molar-refractivity contribution in [3.05, 3.63) is 70.8 Å². The van der Waals surface area contributed by atoms with Crippen LogP contribution in [-0.4, -0.2) is 175 Å². The first-order valence-electron chi connectivity index (χ1n) is 28.4. The van der Waals surface area contributed by atoms with Crippen molar-refractivity contribution in [3.63, 3.8) is 0 Å². The second-order valence-corrected chi connectivity index (χ2v) is 26.5. The molecular formula is C58H82N8O12S2. The van der Waals surface area contributed by atoms with Crippen molar-refractivity contribution in [1.82, 2.24) is 40.9 Å². The number of carboxylic acid groups (broad SMARTS) is 2. The minimum Gasteiger partial charge on any atom is -0.465 e. The summed E-state index contributed by atoms with van der Waals surface area (Å²) in [6.45, 7) is 12.0. The molecule has 80 heavy (non-hydrogen) atoms. The van der Waals surface area contributed by atoms with Gasteiger partial charge in [-0.1, -0.05) is 102 Å². The van der Waals surface area contributed by atoms with E-state index >= 15 is 0 Å². The van der Waals surface area contributed by atoms with Crippen LogP contribution >= 0.6 is 23.5 Å². The highest BCUT2D eigenvalue weighted by atomic mass is 32.2. The summed E-state index contributed by atoms with van der Waals surface area (Å²) in [4.78, 5) is 112. The summed E-state index contributed by atoms with van der Waals surface area (Å²) < 4.78 is 13.1. The molecule has 12 atom stereocenters. The van der Waals surface area contributed by atoms with Gasteiger partial charge >= 0.3 is 12.2 Å². The fraction of sp³-hybridized carbons (Fsp3) is 0.655.